The molecule has 0 radical (unpaired) electrons. The van der Waals surface area contributed by atoms with Crippen LogP contribution in [0.2, 0.25) is 0 Å². The van der Waals surface area contributed by atoms with Gasteiger partial charge in [0, 0.05) is 13.1 Å². The summed E-state index contributed by atoms with van der Waals surface area (Å²) in [5, 5.41) is 10.6. The summed E-state index contributed by atoms with van der Waals surface area (Å²) in [4.78, 5) is 2.45. The molecule has 3 heteroatoms. The van der Waals surface area contributed by atoms with Gasteiger partial charge in [0.2, 0.25) is 0 Å². The number of likely N-dealkylation sites (tertiary alicyclic amines) is 1. The van der Waals surface area contributed by atoms with Crippen molar-refractivity contribution in [3.8, 4) is 11.8 Å². The third kappa shape index (κ3) is 4.25. The predicted octanol–water partition coefficient (Wildman–Crippen LogP) is 5.29. The molecule has 0 amide bonds. The number of ether oxygens (including phenoxy) is 1. The zero-order valence-corrected chi connectivity index (χ0v) is 17.3. The van der Waals surface area contributed by atoms with Gasteiger partial charge in [-0.3, -0.25) is 4.90 Å². The van der Waals surface area contributed by atoms with Crippen LogP contribution in [0.4, 0.5) is 0 Å². The van der Waals surface area contributed by atoms with Crippen LogP contribution < -0.4 is 4.74 Å². The number of rotatable bonds is 7. The number of nitrogens with zero attached hydrogens (tertiary/aromatic N) is 2. The van der Waals surface area contributed by atoms with Crippen LogP contribution in [-0.4, -0.2) is 31.1 Å². The first-order chi connectivity index (χ1) is 14.8. The van der Waals surface area contributed by atoms with Gasteiger partial charge in [0.25, 0.3) is 0 Å². The van der Waals surface area contributed by atoms with Crippen LogP contribution >= 0.6 is 0 Å². The maximum Gasteiger partial charge on any atom is 0.119 e. The zero-order valence-electron chi connectivity index (χ0n) is 17.3. The smallest absolute Gasteiger partial charge is 0.119 e. The van der Waals surface area contributed by atoms with Gasteiger partial charge in [0.05, 0.1) is 6.07 Å². The fraction of sp³-hybridized carbons (Fsp3) is 0.296. The van der Waals surface area contributed by atoms with E-state index in [0.717, 1.165) is 49.4 Å². The van der Waals surface area contributed by atoms with Crippen molar-refractivity contribution in [2.75, 3.05) is 26.2 Å². The molecule has 3 nitrogen and oxygen atoms in total. The SMILES string of the molecule is N#CC(c1ccccc1)(c1ccccc1)C1CCCN(CCOc2ccccc2)C1. The molecule has 0 aromatic heterocycles. The molecule has 3 aromatic rings. The molecule has 0 N–H and O–H groups in total. The van der Waals surface area contributed by atoms with Crippen LogP contribution in [0.3, 0.4) is 0 Å². The largest absolute Gasteiger partial charge is 0.492 e. The van der Waals surface area contributed by atoms with E-state index in [9.17, 15) is 5.26 Å². The highest BCUT2D eigenvalue weighted by Crippen LogP contribution is 2.42. The average Bonchev–Trinajstić information content (AvgIpc) is 2.82. The lowest BCUT2D eigenvalue weighted by Gasteiger charge is -2.42. The monoisotopic (exact) mass is 396 g/mol. The van der Waals surface area contributed by atoms with Gasteiger partial charge in [-0.05, 0) is 48.6 Å². The highest BCUT2D eigenvalue weighted by atomic mass is 16.5. The molecule has 0 spiro atoms. The number of piperidine rings is 1. The van der Waals surface area contributed by atoms with Gasteiger partial charge < -0.3 is 4.74 Å². The van der Waals surface area contributed by atoms with Gasteiger partial charge in [-0.25, -0.2) is 0 Å². The minimum Gasteiger partial charge on any atom is -0.492 e. The van der Waals surface area contributed by atoms with E-state index in [1.54, 1.807) is 0 Å². The number of nitriles is 1. The summed E-state index contributed by atoms with van der Waals surface area (Å²) in [5.41, 5.74) is 1.54. The van der Waals surface area contributed by atoms with Crippen LogP contribution in [0, 0.1) is 17.2 Å². The van der Waals surface area contributed by atoms with Crippen LogP contribution in [0.25, 0.3) is 0 Å². The van der Waals surface area contributed by atoms with Crippen LogP contribution in [0.1, 0.15) is 24.0 Å². The van der Waals surface area contributed by atoms with E-state index in [-0.39, 0.29) is 5.92 Å². The number of para-hydroxylation sites is 1. The summed E-state index contributed by atoms with van der Waals surface area (Å²) in [6.45, 7) is 3.48. The Morgan fingerprint density at radius 2 is 1.43 bits per heavy atom. The molecule has 152 valence electrons. The summed E-state index contributed by atoms with van der Waals surface area (Å²) in [6.07, 6.45) is 2.15. The number of hydrogen-bond donors (Lipinski definition) is 0. The Balaban J connectivity index is 1.54. The van der Waals surface area contributed by atoms with Crippen molar-refractivity contribution < 1.29 is 4.74 Å². The summed E-state index contributed by atoms with van der Waals surface area (Å²) in [5.74, 6) is 1.14. The Morgan fingerprint density at radius 1 is 0.867 bits per heavy atom. The minimum atomic E-state index is -0.637. The Morgan fingerprint density at radius 3 is 2.00 bits per heavy atom. The fourth-order valence-electron chi connectivity index (χ4n) is 4.68. The molecule has 1 atom stereocenters. The van der Waals surface area contributed by atoms with E-state index in [4.69, 9.17) is 4.74 Å². The molecule has 0 aliphatic carbocycles. The minimum absolute atomic E-state index is 0.234. The Labute approximate surface area is 179 Å². The lowest BCUT2D eigenvalue weighted by atomic mass is 9.64. The third-order valence-electron chi connectivity index (χ3n) is 6.17. The van der Waals surface area contributed by atoms with Gasteiger partial charge >= 0.3 is 0 Å². The first-order valence-corrected chi connectivity index (χ1v) is 10.8. The maximum atomic E-state index is 10.6. The van der Waals surface area contributed by atoms with Crippen molar-refractivity contribution >= 4 is 0 Å². The van der Waals surface area contributed by atoms with Gasteiger partial charge in [0.15, 0.2) is 0 Å². The number of hydrogen-bond acceptors (Lipinski definition) is 3. The molecule has 1 fully saturated rings. The van der Waals surface area contributed by atoms with Crippen molar-refractivity contribution in [3.63, 3.8) is 0 Å². The van der Waals surface area contributed by atoms with Gasteiger partial charge in [0.1, 0.15) is 17.8 Å². The molecule has 1 aliphatic rings. The Hall–Kier alpha value is -3.09. The second kappa shape index (κ2) is 9.61. The standard InChI is InChI=1S/C27H28N2O/c28-22-27(23-11-4-1-5-12-23,24-13-6-2-7-14-24)25-15-10-18-29(21-25)19-20-30-26-16-8-3-9-17-26/h1-9,11-14,16-17,25H,10,15,18-21H2. The molecule has 4 rings (SSSR count). The second-order valence-corrected chi connectivity index (χ2v) is 7.95. The molecule has 30 heavy (non-hydrogen) atoms. The molecule has 1 saturated heterocycles. The topological polar surface area (TPSA) is 36.3 Å². The first kappa shape index (κ1) is 20.2. The highest BCUT2D eigenvalue weighted by Gasteiger charge is 2.44. The lowest BCUT2D eigenvalue weighted by Crippen LogP contribution is -2.47. The maximum absolute atomic E-state index is 10.6. The van der Waals surface area contributed by atoms with Crippen molar-refractivity contribution in [2.24, 2.45) is 5.92 Å². The van der Waals surface area contributed by atoms with E-state index in [2.05, 4.69) is 35.2 Å². The zero-order chi connectivity index (χ0) is 20.7. The van der Waals surface area contributed by atoms with E-state index < -0.39 is 5.41 Å². The molecule has 0 bridgehead atoms. The average molecular weight is 397 g/mol. The Bertz CT molecular complexity index is 911. The van der Waals surface area contributed by atoms with Crippen molar-refractivity contribution in [1.82, 2.24) is 4.90 Å². The molecular weight excluding hydrogens is 368 g/mol. The van der Waals surface area contributed by atoms with E-state index >= 15 is 0 Å². The van der Waals surface area contributed by atoms with Crippen LogP contribution in [0.15, 0.2) is 91.0 Å². The fourth-order valence-corrected chi connectivity index (χ4v) is 4.68. The van der Waals surface area contributed by atoms with Crippen molar-refractivity contribution in [3.05, 3.63) is 102 Å². The van der Waals surface area contributed by atoms with Gasteiger partial charge in [-0.15, -0.1) is 0 Å². The molecular formula is C27H28N2O. The predicted molar refractivity (Wildman–Crippen MR) is 120 cm³/mol. The molecule has 1 heterocycles. The van der Waals surface area contributed by atoms with E-state index in [1.807, 2.05) is 66.7 Å². The van der Waals surface area contributed by atoms with Crippen LogP contribution in [0.5, 0.6) is 5.75 Å². The summed E-state index contributed by atoms with van der Waals surface area (Å²) < 4.78 is 5.92. The van der Waals surface area contributed by atoms with Gasteiger partial charge in [-0.2, -0.15) is 5.26 Å². The molecule has 3 aromatic carbocycles. The van der Waals surface area contributed by atoms with Crippen LogP contribution in [-0.2, 0) is 5.41 Å². The van der Waals surface area contributed by atoms with Gasteiger partial charge in [-0.1, -0.05) is 78.9 Å². The molecule has 1 aliphatic heterocycles. The third-order valence-corrected chi connectivity index (χ3v) is 6.17. The summed E-state index contributed by atoms with van der Waals surface area (Å²) in [6, 6.07) is 33.3. The van der Waals surface area contributed by atoms with E-state index in [0.29, 0.717) is 6.61 Å². The highest BCUT2D eigenvalue weighted by molar-refractivity contribution is 5.47. The Kier molecular flexibility index (Phi) is 6.47. The normalized spacial score (nSPS) is 17.2. The molecule has 0 saturated carbocycles. The lowest BCUT2D eigenvalue weighted by molar-refractivity contribution is 0.127. The second-order valence-electron chi connectivity index (χ2n) is 7.95. The quantitative estimate of drug-likeness (QED) is 0.545. The first-order valence-electron chi connectivity index (χ1n) is 10.8. The molecule has 1 unspecified atom stereocenters. The van der Waals surface area contributed by atoms with Crippen molar-refractivity contribution in [2.45, 2.75) is 18.3 Å². The summed E-state index contributed by atoms with van der Waals surface area (Å²) >= 11 is 0. The van der Waals surface area contributed by atoms with E-state index in [1.165, 1.54) is 0 Å². The number of benzene rings is 3. The van der Waals surface area contributed by atoms with Crippen molar-refractivity contribution in [1.29, 1.82) is 5.26 Å². The summed E-state index contributed by atoms with van der Waals surface area (Å²) in [7, 11) is 0.